The standard InChI is InChI=1S/C16H13FN2O3S/c17-13-4-1-2-6-16(13)23(20,21)19-11-12-7-8-18-14(10-12)15-5-3-9-22-15/h1-10,19H,11H2. The summed E-state index contributed by atoms with van der Waals surface area (Å²) in [6.45, 7) is 0.0207. The summed E-state index contributed by atoms with van der Waals surface area (Å²) in [6.07, 6.45) is 3.09. The first kappa shape index (κ1) is 15.4. The number of benzene rings is 1. The van der Waals surface area contributed by atoms with Crippen LogP contribution in [0.4, 0.5) is 4.39 Å². The topological polar surface area (TPSA) is 72.2 Å². The van der Waals surface area contributed by atoms with Crippen LogP contribution < -0.4 is 4.72 Å². The molecular weight excluding hydrogens is 319 g/mol. The maximum absolute atomic E-state index is 13.6. The number of nitrogens with one attached hydrogen (secondary N) is 1. The zero-order chi connectivity index (χ0) is 16.3. The van der Waals surface area contributed by atoms with Gasteiger partial charge in [-0.05, 0) is 42.0 Å². The fourth-order valence-corrected chi connectivity index (χ4v) is 3.16. The summed E-state index contributed by atoms with van der Waals surface area (Å²) >= 11 is 0. The molecule has 0 aliphatic rings. The molecule has 118 valence electrons. The molecule has 0 bridgehead atoms. The molecule has 3 aromatic rings. The van der Waals surface area contributed by atoms with E-state index in [4.69, 9.17) is 4.42 Å². The fraction of sp³-hybridized carbons (Fsp3) is 0.0625. The van der Waals surface area contributed by atoms with Gasteiger partial charge >= 0.3 is 0 Å². The van der Waals surface area contributed by atoms with Crippen LogP contribution in [-0.4, -0.2) is 13.4 Å². The molecule has 0 saturated carbocycles. The predicted molar refractivity (Wildman–Crippen MR) is 82.4 cm³/mol. The average Bonchev–Trinajstić information content (AvgIpc) is 3.08. The van der Waals surface area contributed by atoms with Gasteiger partial charge in [0.05, 0.1) is 6.26 Å². The summed E-state index contributed by atoms with van der Waals surface area (Å²) in [5.74, 6) is -0.199. The fourth-order valence-electron chi connectivity index (χ4n) is 2.06. The van der Waals surface area contributed by atoms with Crippen LogP contribution in [0.5, 0.6) is 0 Å². The Balaban J connectivity index is 1.78. The van der Waals surface area contributed by atoms with Crippen LogP contribution in [0, 0.1) is 5.82 Å². The highest BCUT2D eigenvalue weighted by molar-refractivity contribution is 7.89. The molecule has 0 aliphatic heterocycles. The molecule has 1 aromatic carbocycles. The summed E-state index contributed by atoms with van der Waals surface area (Å²) in [5.41, 5.74) is 1.28. The summed E-state index contributed by atoms with van der Waals surface area (Å²) in [6, 6.07) is 12.1. The minimum atomic E-state index is -3.92. The first-order valence-electron chi connectivity index (χ1n) is 6.79. The van der Waals surface area contributed by atoms with Crippen LogP contribution in [0.2, 0.25) is 0 Å². The van der Waals surface area contributed by atoms with E-state index in [1.165, 1.54) is 24.5 Å². The average molecular weight is 332 g/mol. The predicted octanol–water partition coefficient (Wildman–Crippen LogP) is 2.96. The van der Waals surface area contributed by atoms with Crippen LogP contribution in [0.1, 0.15) is 5.56 Å². The van der Waals surface area contributed by atoms with Gasteiger partial charge in [-0.15, -0.1) is 0 Å². The molecule has 2 aromatic heterocycles. The minimum absolute atomic E-state index is 0.0207. The molecule has 0 radical (unpaired) electrons. The summed E-state index contributed by atoms with van der Waals surface area (Å²) in [4.78, 5) is 3.79. The summed E-state index contributed by atoms with van der Waals surface area (Å²) in [5, 5.41) is 0. The van der Waals surface area contributed by atoms with Crippen molar-refractivity contribution in [1.29, 1.82) is 0 Å². The van der Waals surface area contributed by atoms with E-state index >= 15 is 0 Å². The van der Waals surface area contributed by atoms with Crippen LogP contribution >= 0.6 is 0 Å². The van der Waals surface area contributed by atoms with E-state index in [1.807, 2.05) is 0 Å². The highest BCUT2D eigenvalue weighted by Gasteiger charge is 2.18. The molecule has 0 unspecified atom stereocenters. The molecule has 0 aliphatic carbocycles. The number of hydrogen-bond acceptors (Lipinski definition) is 4. The molecule has 5 nitrogen and oxygen atoms in total. The zero-order valence-electron chi connectivity index (χ0n) is 11.9. The quantitative estimate of drug-likeness (QED) is 0.780. The Morgan fingerprint density at radius 2 is 1.96 bits per heavy atom. The number of hydrogen-bond donors (Lipinski definition) is 1. The van der Waals surface area contributed by atoms with Crippen LogP contribution in [0.3, 0.4) is 0 Å². The van der Waals surface area contributed by atoms with Gasteiger partial charge in [-0.3, -0.25) is 4.98 Å². The molecule has 7 heteroatoms. The Hall–Kier alpha value is -2.51. The van der Waals surface area contributed by atoms with Crippen molar-refractivity contribution in [2.24, 2.45) is 0 Å². The Labute approximate surface area is 132 Å². The molecule has 0 fully saturated rings. The Kier molecular flexibility index (Phi) is 4.22. The van der Waals surface area contributed by atoms with Gasteiger partial charge in [0.2, 0.25) is 10.0 Å². The lowest BCUT2D eigenvalue weighted by atomic mass is 10.2. The van der Waals surface area contributed by atoms with E-state index in [2.05, 4.69) is 9.71 Å². The summed E-state index contributed by atoms with van der Waals surface area (Å²) < 4.78 is 45.6. The van der Waals surface area contributed by atoms with Gasteiger partial charge in [-0.1, -0.05) is 12.1 Å². The van der Waals surface area contributed by atoms with Gasteiger partial charge in [0, 0.05) is 12.7 Å². The molecule has 0 spiro atoms. The number of furan rings is 1. The molecule has 3 rings (SSSR count). The van der Waals surface area contributed by atoms with E-state index in [1.54, 1.807) is 30.5 Å². The molecular formula is C16H13FN2O3S. The lowest BCUT2D eigenvalue weighted by molar-refractivity contribution is 0.557. The largest absolute Gasteiger partial charge is 0.463 e. The van der Waals surface area contributed by atoms with E-state index < -0.39 is 15.8 Å². The number of halogens is 1. The van der Waals surface area contributed by atoms with Gasteiger partial charge in [0.15, 0.2) is 5.76 Å². The molecule has 0 saturated heterocycles. The molecule has 0 amide bonds. The number of sulfonamides is 1. The van der Waals surface area contributed by atoms with Gasteiger partial charge in [0.25, 0.3) is 0 Å². The van der Waals surface area contributed by atoms with Crippen LogP contribution in [0.15, 0.2) is 70.3 Å². The summed E-state index contributed by atoms with van der Waals surface area (Å²) in [7, 11) is -3.92. The lowest BCUT2D eigenvalue weighted by Gasteiger charge is -2.08. The minimum Gasteiger partial charge on any atom is -0.463 e. The van der Waals surface area contributed by atoms with Crippen molar-refractivity contribution in [3.8, 4) is 11.5 Å². The third-order valence-corrected chi connectivity index (χ3v) is 4.62. The number of pyridine rings is 1. The van der Waals surface area contributed by atoms with Crippen molar-refractivity contribution in [3.63, 3.8) is 0 Å². The van der Waals surface area contributed by atoms with Crippen molar-refractivity contribution >= 4 is 10.0 Å². The molecule has 0 atom stereocenters. The zero-order valence-corrected chi connectivity index (χ0v) is 12.8. The second-order valence-electron chi connectivity index (χ2n) is 4.78. The highest BCUT2D eigenvalue weighted by atomic mass is 32.2. The first-order chi connectivity index (χ1) is 11.1. The number of nitrogens with zero attached hydrogens (tertiary/aromatic N) is 1. The van der Waals surface area contributed by atoms with Gasteiger partial charge < -0.3 is 4.42 Å². The van der Waals surface area contributed by atoms with Crippen molar-refractivity contribution < 1.29 is 17.2 Å². The maximum Gasteiger partial charge on any atom is 0.243 e. The van der Waals surface area contributed by atoms with E-state index in [-0.39, 0.29) is 11.4 Å². The SMILES string of the molecule is O=S(=O)(NCc1ccnc(-c2ccco2)c1)c1ccccc1F. The highest BCUT2D eigenvalue weighted by Crippen LogP contribution is 2.19. The number of aromatic nitrogens is 1. The van der Waals surface area contributed by atoms with Crippen molar-refractivity contribution in [2.45, 2.75) is 11.4 Å². The monoisotopic (exact) mass is 332 g/mol. The first-order valence-corrected chi connectivity index (χ1v) is 8.27. The number of rotatable bonds is 5. The van der Waals surface area contributed by atoms with Gasteiger partial charge in [-0.2, -0.15) is 0 Å². The molecule has 23 heavy (non-hydrogen) atoms. The normalized spacial score (nSPS) is 11.5. The lowest BCUT2D eigenvalue weighted by Crippen LogP contribution is -2.24. The van der Waals surface area contributed by atoms with Crippen LogP contribution in [-0.2, 0) is 16.6 Å². The second-order valence-corrected chi connectivity index (χ2v) is 6.52. The van der Waals surface area contributed by atoms with E-state index in [9.17, 15) is 12.8 Å². The van der Waals surface area contributed by atoms with Crippen LogP contribution in [0.25, 0.3) is 11.5 Å². The molecule has 2 heterocycles. The Bertz CT molecular complexity index is 909. The Morgan fingerprint density at radius 1 is 1.13 bits per heavy atom. The maximum atomic E-state index is 13.6. The molecule has 1 N–H and O–H groups in total. The van der Waals surface area contributed by atoms with Crippen molar-refractivity contribution in [1.82, 2.24) is 9.71 Å². The van der Waals surface area contributed by atoms with Crippen molar-refractivity contribution in [3.05, 3.63) is 72.4 Å². The second kappa shape index (κ2) is 6.31. The smallest absolute Gasteiger partial charge is 0.243 e. The third kappa shape index (κ3) is 3.46. The Morgan fingerprint density at radius 3 is 2.70 bits per heavy atom. The van der Waals surface area contributed by atoms with Crippen molar-refractivity contribution in [2.75, 3.05) is 0 Å². The third-order valence-electron chi connectivity index (χ3n) is 3.19. The van der Waals surface area contributed by atoms with E-state index in [0.717, 1.165) is 6.07 Å². The van der Waals surface area contributed by atoms with E-state index in [0.29, 0.717) is 17.0 Å². The van der Waals surface area contributed by atoms with Gasteiger partial charge in [0.1, 0.15) is 16.4 Å². The van der Waals surface area contributed by atoms with Gasteiger partial charge in [-0.25, -0.2) is 17.5 Å².